The molecule has 26 heavy (non-hydrogen) atoms. The van der Waals surface area contributed by atoms with Crippen LogP contribution in [-0.4, -0.2) is 28.4 Å². The number of fused-ring (bicyclic) bond motifs is 1. The second kappa shape index (κ2) is 7.48. The Hall–Kier alpha value is -2.36. The lowest BCUT2D eigenvalue weighted by Crippen LogP contribution is -2.27. The fraction of sp³-hybridized carbons (Fsp3) is 0.455. The Morgan fingerprint density at radius 1 is 0.731 bits per heavy atom. The second-order valence-corrected chi connectivity index (χ2v) is 7.04. The van der Waals surface area contributed by atoms with E-state index in [4.69, 9.17) is 18.9 Å². The summed E-state index contributed by atoms with van der Waals surface area (Å²) in [6, 6.07) is 10.5. The van der Waals surface area contributed by atoms with Crippen molar-refractivity contribution in [3.63, 3.8) is 0 Å². The maximum absolute atomic E-state index is 5.56. The molecule has 0 saturated heterocycles. The lowest BCUT2D eigenvalue weighted by molar-refractivity contribution is 0.316. The predicted octanol–water partition coefficient (Wildman–Crippen LogP) is 4.68. The minimum Gasteiger partial charge on any atom is -0.493 e. The molecule has 1 unspecified atom stereocenters. The van der Waals surface area contributed by atoms with Gasteiger partial charge < -0.3 is 18.9 Å². The molecule has 3 atom stereocenters. The van der Waals surface area contributed by atoms with E-state index in [0.717, 1.165) is 29.4 Å². The summed E-state index contributed by atoms with van der Waals surface area (Å²) >= 11 is 0. The first-order valence-corrected chi connectivity index (χ1v) is 9.00. The lowest BCUT2D eigenvalue weighted by atomic mass is 9.68. The van der Waals surface area contributed by atoms with Crippen LogP contribution in [-0.2, 0) is 6.42 Å². The van der Waals surface area contributed by atoms with Gasteiger partial charge in [0.05, 0.1) is 28.4 Å². The number of ether oxygens (including phenoxy) is 4. The Labute approximate surface area is 156 Å². The molecule has 0 N–H and O–H groups in total. The van der Waals surface area contributed by atoms with Crippen LogP contribution in [0.25, 0.3) is 0 Å². The van der Waals surface area contributed by atoms with Gasteiger partial charge in [0.1, 0.15) is 0 Å². The van der Waals surface area contributed by atoms with Crippen LogP contribution in [0.15, 0.2) is 30.3 Å². The summed E-state index contributed by atoms with van der Waals surface area (Å²) in [5, 5.41) is 0. The summed E-state index contributed by atoms with van der Waals surface area (Å²) in [5.74, 6) is 4.42. The average Bonchev–Trinajstić information content (AvgIpc) is 2.67. The van der Waals surface area contributed by atoms with Gasteiger partial charge >= 0.3 is 0 Å². The second-order valence-electron chi connectivity index (χ2n) is 7.04. The Balaban J connectivity index is 2.15. The van der Waals surface area contributed by atoms with Crippen molar-refractivity contribution in [2.75, 3.05) is 28.4 Å². The van der Waals surface area contributed by atoms with Crippen LogP contribution in [0.5, 0.6) is 23.0 Å². The average molecular weight is 356 g/mol. The molecule has 4 heteroatoms. The number of rotatable bonds is 5. The van der Waals surface area contributed by atoms with E-state index in [-0.39, 0.29) is 5.92 Å². The minimum absolute atomic E-state index is 0.272. The summed E-state index contributed by atoms with van der Waals surface area (Å²) in [4.78, 5) is 0. The van der Waals surface area contributed by atoms with Crippen LogP contribution >= 0.6 is 0 Å². The number of benzene rings is 2. The van der Waals surface area contributed by atoms with Gasteiger partial charge in [-0.3, -0.25) is 0 Å². The van der Waals surface area contributed by atoms with Crippen molar-refractivity contribution in [1.82, 2.24) is 0 Å². The van der Waals surface area contributed by atoms with E-state index in [1.54, 1.807) is 28.4 Å². The molecule has 0 radical (unpaired) electrons. The van der Waals surface area contributed by atoms with Crippen LogP contribution in [0.4, 0.5) is 0 Å². The van der Waals surface area contributed by atoms with E-state index < -0.39 is 0 Å². The molecule has 0 heterocycles. The lowest BCUT2D eigenvalue weighted by Gasteiger charge is -2.37. The molecule has 0 fully saturated rings. The Bertz CT molecular complexity index is 784. The van der Waals surface area contributed by atoms with Gasteiger partial charge in [0.15, 0.2) is 23.0 Å². The molecule has 0 saturated carbocycles. The highest BCUT2D eigenvalue weighted by molar-refractivity contribution is 5.54. The van der Waals surface area contributed by atoms with Gasteiger partial charge in [0.25, 0.3) is 0 Å². The van der Waals surface area contributed by atoms with Crippen LogP contribution < -0.4 is 18.9 Å². The molecule has 2 aromatic carbocycles. The van der Waals surface area contributed by atoms with Gasteiger partial charge in [-0.2, -0.15) is 0 Å². The fourth-order valence-corrected chi connectivity index (χ4v) is 4.08. The van der Waals surface area contributed by atoms with E-state index in [1.807, 2.05) is 6.07 Å². The molecule has 0 bridgehead atoms. The highest BCUT2D eigenvalue weighted by Crippen LogP contribution is 2.47. The van der Waals surface area contributed by atoms with Gasteiger partial charge in [0.2, 0.25) is 0 Å². The van der Waals surface area contributed by atoms with Crippen molar-refractivity contribution in [2.45, 2.75) is 26.2 Å². The molecular formula is C22H28O4. The smallest absolute Gasteiger partial charge is 0.161 e. The van der Waals surface area contributed by atoms with E-state index >= 15 is 0 Å². The molecule has 0 aromatic heterocycles. The maximum atomic E-state index is 5.56. The molecule has 2 aromatic rings. The Morgan fingerprint density at radius 2 is 1.31 bits per heavy atom. The molecular weight excluding hydrogens is 328 g/mol. The zero-order chi connectivity index (χ0) is 18.8. The zero-order valence-electron chi connectivity index (χ0n) is 16.5. The summed E-state index contributed by atoms with van der Waals surface area (Å²) < 4.78 is 22.0. The van der Waals surface area contributed by atoms with Gasteiger partial charge in [0, 0.05) is 5.92 Å². The first-order valence-electron chi connectivity index (χ1n) is 9.00. The normalized spacial score (nSPS) is 21.7. The van der Waals surface area contributed by atoms with Crippen molar-refractivity contribution in [1.29, 1.82) is 0 Å². The predicted molar refractivity (Wildman–Crippen MR) is 103 cm³/mol. The zero-order valence-corrected chi connectivity index (χ0v) is 16.5. The summed E-state index contributed by atoms with van der Waals surface area (Å²) in [5.41, 5.74) is 3.86. The minimum atomic E-state index is 0.272. The number of hydrogen-bond donors (Lipinski definition) is 0. The van der Waals surface area contributed by atoms with Gasteiger partial charge in [-0.05, 0) is 59.2 Å². The molecule has 0 amide bonds. The van der Waals surface area contributed by atoms with Crippen LogP contribution in [0, 0.1) is 11.8 Å². The Morgan fingerprint density at radius 3 is 1.92 bits per heavy atom. The highest BCUT2D eigenvalue weighted by atomic mass is 16.5. The largest absolute Gasteiger partial charge is 0.493 e. The number of hydrogen-bond acceptors (Lipinski definition) is 4. The molecule has 4 nitrogen and oxygen atoms in total. The maximum Gasteiger partial charge on any atom is 0.161 e. The SMILES string of the molecule is COc1ccc([C@@H]2c3cc(OC)c(OC)cc3CC(C)[C@H]2C)cc1OC. The van der Waals surface area contributed by atoms with Crippen molar-refractivity contribution in [2.24, 2.45) is 11.8 Å². The fourth-order valence-electron chi connectivity index (χ4n) is 4.08. The first kappa shape index (κ1) is 18.4. The van der Waals surface area contributed by atoms with Crippen molar-refractivity contribution in [3.05, 3.63) is 47.0 Å². The highest BCUT2D eigenvalue weighted by Gasteiger charge is 2.34. The molecule has 1 aliphatic carbocycles. The third kappa shape index (κ3) is 3.09. The van der Waals surface area contributed by atoms with Gasteiger partial charge in [-0.1, -0.05) is 19.9 Å². The monoisotopic (exact) mass is 356 g/mol. The summed E-state index contributed by atoms with van der Waals surface area (Å²) in [6.45, 7) is 4.64. The molecule has 0 aliphatic heterocycles. The molecule has 0 spiro atoms. The van der Waals surface area contributed by atoms with E-state index in [1.165, 1.54) is 16.7 Å². The van der Waals surface area contributed by atoms with Crippen molar-refractivity contribution >= 4 is 0 Å². The quantitative estimate of drug-likeness (QED) is 0.779. The third-order valence-corrected chi connectivity index (χ3v) is 5.71. The Kier molecular flexibility index (Phi) is 5.30. The van der Waals surface area contributed by atoms with Crippen LogP contribution in [0.1, 0.15) is 36.5 Å². The summed E-state index contributed by atoms with van der Waals surface area (Å²) in [6.07, 6.45) is 1.04. The molecule has 1 aliphatic rings. The first-order chi connectivity index (χ1) is 12.5. The van der Waals surface area contributed by atoms with Gasteiger partial charge in [-0.15, -0.1) is 0 Å². The van der Waals surface area contributed by atoms with Crippen molar-refractivity contribution < 1.29 is 18.9 Å². The van der Waals surface area contributed by atoms with Crippen LogP contribution in [0.3, 0.4) is 0 Å². The van der Waals surface area contributed by atoms with Crippen molar-refractivity contribution in [3.8, 4) is 23.0 Å². The topological polar surface area (TPSA) is 36.9 Å². The van der Waals surface area contributed by atoms with Crippen LogP contribution in [0.2, 0.25) is 0 Å². The van der Waals surface area contributed by atoms with E-state index in [9.17, 15) is 0 Å². The summed E-state index contributed by atoms with van der Waals surface area (Å²) in [7, 11) is 6.71. The molecule has 140 valence electrons. The molecule has 3 rings (SSSR count). The third-order valence-electron chi connectivity index (χ3n) is 5.71. The standard InChI is InChI=1S/C22H28O4/c1-13-9-16-11-20(25-5)21(26-6)12-17(16)22(14(13)2)15-7-8-18(23-3)19(10-15)24-4/h7-8,10-14,22H,9H2,1-6H3/t13?,14-,22-/m1/s1. The van der Waals surface area contributed by atoms with Gasteiger partial charge in [-0.25, -0.2) is 0 Å². The van der Waals surface area contributed by atoms with E-state index in [0.29, 0.717) is 11.8 Å². The number of methoxy groups -OCH3 is 4. The van der Waals surface area contributed by atoms with E-state index in [2.05, 4.69) is 38.1 Å².